The Kier molecular flexibility index (Phi) is 8.17. The monoisotopic (exact) mass is 503 g/mol. The molecular weight excluding hydrogens is 474 g/mol. The minimum Gasteiger partial charge on any atom is -0.493 e. The van der Waals surface area contributed by atoms with E-state index in [1.165, 1.54) is 11.8 Å². The molecule has 0 aliphatic heterocycles. The Morgan fingerprint density at radius 2 is 1.75 bits per heavy atom. The first-order valence-electron chi connectivity index (χ1n) is 11.6. The fraction of sp³-hybridized carbons (Fsp3) is 0.214. The summed E-state index contributed by atoms with van der Waals surface area (Å²) in [5, 5.41) is 7.00. The Bertz CT molecular complexity index is 1380. The molecule has 0 aliphatic rings. The number of methoxy groups -OCH3 is 2. The van der Waals surface area contributed by atoms with E-state index in [-0.39, 0.29) is 11.8 Å². The van der Waals surface area contributed by atoms with Crippen LogP contribution in [0, 0.1) is 6.92 Å². The van der Waals surface area contributed by atoms with Crippen LogP contribution in [0.4, 0.5) is 5.69 Å². The molecule has 2 N–H and O–H groups in total. The first-order valence-corrected chi connectivity index (χ1v) is 12.5. The van der Waals surface area contributed by atoms with Gasteiger partial charge in [-0.3, -0.25) is 9.59 Å². The van der Waals surface area contributed by atoms with Gasteiger partial charge in [0.25, 0.3) is 5.91 Å². The molecule has 0 radical (unpaired) electrons. The van der Waals surface area contributed by atoms with Crippen LogP contribution in [0.2, 0.25) is 0 Å². The second kappa shape index (κ2) is 11.7. The highest BCUT2D eigenvalue weighted by Gasteiger charge is 2.13. The summed E-state index contributed by atoms with van der Waals surface area (Å²) in [6, 6.07) is 20.9. The maximum Gasteiger partial charge on any atom is 0.251 e. The summed E-state index contributed by atoms with van der Waals surface area (Å²) in [5.41, 5.74) is 3.45. The molecule has 0 fully saturated rings. The van der Waals surface area contributed by atoms with Gasteiger partial charge in [-0.1, -0.05) is 30.3 Å². The standard InChI is InChI=1S/C28H29N3O4S/c1-19-7-6-8-21(15-19)30-27(32)18-36-26-17-31(23-10-5-4-9-22(23)26)14-13-29-28(33)20-11-12-24(34-2)25(16-20)35-3/h4-12,15-17H,13-14,18H2,1-3H3,(H,29,33)(H,30,32). The number of amides is 2. The summed E-state index contributed by atoms with van der Waals surface area (Å²) in [6.45, 7) is 3.04. The zero-order valence-corrected chi connectivity index (χ0v) is 21.4. The van der Waals surface area contributed by atoms with Crippen molar-refractivity contribution in [2.24, 2.45) is 0 Å². The highest BCUT2D eigenvalue weighted by Crippen LogP contribution is 2.30. The first kappa shape index (κ1) is 25.2. The Morgan fingerprint density at radius 3 is 2.53 bits per heavy atom. The Labute approximate surface area is 214 Å². The molecule has 4 rings (SSSR count). The topological polar surface area (TPSA) is 81.6 Å². The number of hydrogen-bond donors (Lipinski definition) is 2. The van der Waals surface area contributed by atoms with Crippen LogP contribution in [0.1, 0.15) is 15.9 Å². The lowest BCUT2D eigenvalue weighted by Gasteiger charge is -2.10. The van der Waals surface area contributed by atoms with Crippen molar-refractivity contribution in [1.82, 2.24) is 9.88 Å². The summed E-state index contributed by atoms with van der Waals surface area (Å²) < 4.78 is 12.6. The van der Waals surface area contributed by atoms with Crippen molar-refractivity contribution in [3.8, 4) is 11.5 Å². The number of carbonyl (C=O) groups is 2. The van der Waals surface area contributed by atoms with E-state index in [1.54, 1.807) is 32.4 Å². The molecule has 0 bridgehead atoms. The van der Waals surface area contributed by atoms with Gasteiger partial charge in [0.2, 0.25) is 5.91 Å². The summed E-state index contributed by atoms with van der Waals surface area (Å²) in [5.74, 6) is 1.15. The van der Waals surface area contributed by atoms with E-state index in [1.807, 2.05) is 55.6 Å². The Morgan fingerprint density at radius 1 is 0.944 bits per heavy atom. The molecule has 1 heterocycles. The van der Waals surface area contributed by atoms with Gasteiger partial charge in [0, 0.05) is 46.3 Å². The predicted octanol–water partition coefficient (Wildman–Crippen LogP) is 5.13. The summed E-state index contributed by atoms with van der Waals surface area (Å²) in [4.78, 5) is 26.2. The van der Waals surface area contributed by atoms with Crippen LogP contribution in [0.3, 0.4) is 0 Å². The molecular formula is C28H29N3O4S. The van der Waals surface area contributed by atoms with Gasteiger partial charge in [0.15, 0.2) is 11.5 Å². The lowest BCUT2D eigenvalue weighted by Crippen LogP contribution is -2.27. The third-order valence-corrected chi connectivity index (χ3v) is 6.74. The largest absolute Gasteiger partial charge is 0.493 e. The van der Waals surface area contributed by atoms with E-state index >= 15 is 0 Å². The molecule has 0 spiro atoms. The van der Waals surface area contributed by atoms with Gasteiger partial charge in [0.1, 0.15) is 0 Å². The van der Waals surface area contributed by atoms with Gasteiger partial charge < -0.3 is 24.7 Å². The van der Waals surface area contributed by atoms with Gasteiger partial charge >= 0.3 is 0 Å². The molecule has 7 nitrogen and oxygen atoms in total. The molecule has 0 atom stereocenters. The molecule has 0 saturated heterocycles. The molecule has 2 amide bonds. The summed E-state index contributed by atoms with van der Waals surface area (Å²) >= 11 is 1.50. The third-order valence-electron chi connectivity index (χ3n) is 5.70. The molecule has 8 heteroatoms. The maximum atomic E-state index is 12.7. The number of rotatable bonds is 10. The molecule has 3 aromatic carbocycles. The summed E-state index contributed by atoms with van der Waals surface area (Å²) in [6.07, 6.45) is 2.04. The van der Waals surface area contributed by atoms with Crippen LogP contribution < -0.4 is 20.1 Å². The normalized spacial score (nSPS) is 10.8. The molecule has 0 unspecified atom stereocenters. The lowest BCUT2D eigenvalue weighted by atomic mass is 10.2. The van der Waals surface area contributed by atoms with Crippen LogP contribution >= 0.6 is 11.8 Å². The molecule has 0 saturated carbocycles. The molecule has 186 valence electrons. The number of hydrogen-bond acceptors (Lipinski definition) is 5. The number of para-hydroxylation sites is 1. The minimum atomic E-state index is -0.185. The van der Waals surface area contributed by atoms with Gasteiger partial charge in [-0.15, -0.1) is 11.8 Å². The average molecular weight is 504 g/mol. The summed E-state index contributed by atoms with van der Waals surface area (Å²) in [7, 11) is 3.10. The minimum absolute atomic E-state index is 0.0513. The average Bonchev–Trinajstić information content (AvgIpc) is 3.24. The van der Waals surface area contributed by atoms with E-state index in [0.29, 0.717) is 35.9 Å². The van der Waals surface area contributed by atoms with Crippen LogP contribution in [-0.2, 0) is 11.3 Å². The van der Waals surface area contributed by atoms with Gasteiger partial charge in [-0.05, 0) is 48.9 Å². The predicted molar refractivity (Wildman–Crippen MR) is 144 cm³/mol. The number of anilines is 1. The smallest absolute Gasteiger partial charge is 0.251 e. The molecule has 1 aromatic heterocycles. The van der Waals surface area contributed by atoms with Crippen molar-refractivity contribution in [1.29, 1.82) is 0 Å². The fourth-order valence-electron chi connectivity index (χ4n) is 3.95. The van der Waals surface area contributed by atoms with Crippen molar-refractivity contribution < 1.29 is 19.1 Å². The van der Waals surface area contributed by atoms with Crippen LogP contribution in [0.5, 0.6) is 11.5 Å². The highest BCUT2D eigenvalue weighted by atomic mass is 32.2. The highest BCUT2D eigenvalue weighted by molar-refractivity contribution is 8.00. The number of aryl methyl sites for hydroxylation is 1. The number of fused-ring (bicyclic) bond motifs is 1. The second-order valence-corrected chi connectivity index (χ2v) is 9.25. The quantitative estimate of drug-likeness (QED) is 0.293. The number of nitrogens with zero attached hydrogens (tertiary/aromatic N) is 1. The van der Waals surface area contributed by atoms with Crippen molar-refractivity contribution in [2.45, 2.75) is 18.4 Å². The maximum absolute atomic E-state index is 12.7. The van der Waals surface area contributed by atoms with Gasteiger partial charge in [-0.25, -0.2) is 0 Å². The fourth-order valence-corrected chi connectivity index (χ4v) is 4.83. The number of aromatic nitrogens is 1. The van der Waals surface area contributed by atoms with Crippen molar-refractivity contribution >= 4 is 40.2 Å². The van der Waals surface area contributed by atoms with Gasteiger partial charge in [-0.2, -0.15) is 0 Å². The van der Waals surface area contributed by atoms with E-state index in [4.69, 9.17) is 9.47 Å². The Hall–Kier alpha value is -3.91. The first-order chi connectivity index (χ1) is 17.5. The second-order valence-electron chi connectivity index (χ2n) is 8.24. The van der Waals surface area contributed by atoms with E-state index in [0.717, 1.165) is 27.0 Å². The van der Waals surface area contributed by atoms with E-state index in [9.17, 15) is 9.59 Å². The zero-order chi connectivity index (χ0) is 25.5. The molecule has 4 aromatic rings. The SMILES string of the molecule is COc1ccc(C(=O)NCCn2cc(SCC(=O)Nc3cccc(C)c3)c3ccccc32)cc1OC. The molecule has 36 heavy (non-hydrogen) atoms. The van der Waals surface area contributed by atoms with E-state index < -0.39 is 0 Å². The lowest BCUT2D eigenvalue weighted by molar-refractivity contribution is -0.113. The van der Waals surface area contributed by atoms with E-state index in [2.05, 4.69) is 21.3 Å². The van der Waals surface area contributed by atoms with Crippen molar-refractivity contribution in [2.75, 3.05) is 31.8 Å². The number of ether oxygens (including phenoxy) is 2. The number of thioether (sulfide) groups is 1. The number of benzene rings is 3. The molecule has 0 aliphatic carbocycles. The van der Waals surface area contributed by atoms with Crippen molar-refractivity contribution in [3.63, 3.8) is 0 Å². The van der Waals surface area contributed by atoms with Gasteiger partial charge in [0.05, 0.1) is 20.0 Å². The van der Waals surface area contributed by atoms with Crippen LogP contribution in [-0.4, -0.2) is 42.9 Å². The van der Waals surface area contributed by atoms with Crippen LogP contribution in [0.15, 0.2) is 77.8 Å². The number of nitrogens with one attached hydrogen (secondary N) is 2. The number of carbonyl (C=O) groups excluding carboxylic acids is 2. The van der Waals surface area contributed by atoms with Crippen LogP contribution in [0.25, 0.3) is 10.9 Å². The third kappa shape index (κ3) is 6.01. The Balaban J connectivity index is 1.38. The zero-order valence-electron chi connectivity index (χ0n) is 20.5. The van der Waals surface area contributed by atoms with Crippen molar-refractivity contribution in [3.05, 3.63) is 84.1 Å².